The van der Waals surface area contributed by atoms with E-state index in [1.807, 2.05) is 19.1 Å². The third-order valence-electron chi connectivity index (χ3n) is 3.79. The highest BCUT2D eigenvalue weighted by molar-refractivity contribution is 5.74. The molecule has 2 rings (SSSR count). The Morgan fingerprint density at radius 3 is 2.29 bits per heavy atom. The van der Waals surface area contributed by atoms with E-state index in [2.05, 4.69) is 10.6 Å². The maximum absolute atomic E-state index is 12.8. The van der Waals surface area contributed by atoms with Crippen molar-refractivity contribution in [2.75, 3.05) is 6.54 Å². The minimum Gasteiger partial charge on any atom is -0.508 e. The van der Waals surface area contributed by atoms with E-state index >= 15 is 0 Å². The maximum atomic E-state index is 12.8. The summed E-state index contributed by atoms with van der Waals surface area (Å²) in [5, 5.41) is 15.0. The number of hydrogen-bond acceptors (Lipinski definition) is 2. The van der Waals surface area contributed by atoms with Gasteiger partial charge in [-0.15, -0.1) is 0 Å². The van der Waals surface area contributed by atoms with E-state index in [-0.39, 0.29) is 23.6 Å². The molecule has 0 bridgehead atoms. The van der Waals surface area contributed by atoms with E-state index in [1.165, 1.54) is 12.1 Å². The van der Waals surface area contributed by atoms with Crippen LogP contribution in [0, 0.1) is 5.82 Å². The third-order valence-corrected chi connectivity index (χ3v) is 3.79. The van der Waals surface area contributed by atoms with Crippen molar-refractivity contribution >= 4 is 6.03 Å². The Balaban J connectivity index is 1.64. The lowest BCUT2D eigenvalue weighted by molar-refractivity contribution is 0.237. The van der Waals surface area contributed by atoms with Crippen LogP contribution in [0.1, 0.15) is 24.5 Å². The fourth-order valence-electron chi connectivity index (χ4n) is 2.36. The molecule has 0 saturated carbocycles. The highest BCUT2D eigenvalue weighted by Gasteiger charge is 2.07. The lowest BCUT2D eigenvalue weighted by Crippen LogP contribution is -2.41. The average Bonchev–Trinajstić information content (AvgIpc) is 2.56. The van der Waals surface area contributed by atoms with Gasteiger partial charge in [-0.25, -0.2) is 9.18 Å². The zero-order valence-corrected chi connectivity index (χ0v) is 13.8. The van der Waals surface area contributed by atoms with Crippen molar-refractivity contribution in [3.63, 3.8) is 0 Å². The largest absolute Gasteiger partial charge is 0.508 e. The van der Waals surface area contributed by atoms with Gasteiger partial charge in [-0.1, -0.05) is 24.3 Å². The van der Waals surface area contributed by atoms with Gasteiger partial charge in [-0.3, -0.25) is 0 Å². The van der Waals surface area contributed by atoms with Crippen LogP contribution in [0.2, 0.25) is 0 Å². The summed E-state index contributed by atoms with van der Waals surface area (Å²) in [6.07, 6.45) is 2.31. The van der Waals surface area contributed by atoms with Crippen LogP contribution in [-0.4, -0.2) is 23.7 Å². The Morgan fingerprint density at radius 1 is 1.04 bits per heavy atom. The summed E-state index contributed by atoms with van der Waals surface area (Å²) in [7, 11) is 0. The Hall–Kier alpha value is -2.56. The summed E-state index contributed by atoms with van der Waals surface area (Å²) in [6, 6.07) is 13.2. The molecule has 0 heterocycles. The molecule has 0 radical (unpaired) electrons. The number of rotatable bonds is 7. The summed E-state index contributed by atoms with van der Waals surface area (Å²) >= 11 is 0. The first-order valence-corrected chi connectivity index (χ1v) is 8.09. The molecular formula is C19H23FN2O2. The normalized spacial score (nSPS) is 11.8. The number of nitrogens with one attached hydrogen (secondary N) is 2. The molecular weight excluding hydrogens is 307 g/mol. The number of carbonyl (C=O) groups excluding carboxylic acids is 1. The second-order valence-electron chi connectivity index (χ2n) is 5.88. The molecule has 3 N–H and O–H groups in total. The molecule has 0 aliphatic rings. The van der Waals surface area contributed by atoms with Gasteiger partial charge in [-0.2, -0.15) is 0 Å². The fourth-order valence-corrected chi connectivity index (χ4v) is 2.36. The molecule has 2 amide bonds. The summed E-state index contributed by atoms with van der Waals surface area (Å²) in [5.41, 5.74) is 2.11. The smallest absolute Gasteiger partial charge is 0.315 e. The molecule has 5 heteroatoms. The molecule has 0 fully saturated rings. The Morgan fingerprint density at radius 2 is 1.62 bits per heavy atom. The van der Waals surface area contributed by atoms with Crippen LogP contribution in [0.5, 0.6) is 5.75 Å². The predicted molar refractivity (Wildman–Crippen MR) is 92.5 cm³/mol. The van der Waals surface area contributed by atoms with Crippen molar-refractivity contribution in [2.45, 2.75) is 32.2 Å². The number of phenolic OH excluding ortho intramolecular Hbond substituents is 1. The number of aromatic hydroxyl groups is 1. The molecule has 4 nitrogen and oxygen atoms in total. The number of amides is 2. The lowest BCUT2D eigenvalue weighted by atomic mass is 10.1. The highest BCUT2D eigenvalue weighted by Crippen LogP contribution is 2.11. The number of carbonyl (C=O) groups is 1. The van der Waals surface area contributed by atoms with E-state index in [9.17, 15) is 14.3 Å². The number of halogens is 1. The van der Waals surface area contributed by atoms with Crippen molar-refractivity contribution in [3.05, 3.63) is 65.5 Å². The molecule has 0 aliphatic carbocycles. The zero-order valence-electron chi connectivity index (χ0n) is 13.8. The van der Waals surface area contributed by atoms with Crippen LogP contribution >= 0.6 is 0 Å². The Kier molecular flexibility index (Phi) is 6.61. The third kappa shape index (κ3) is 6.28. The predicted octanol–water partition coefficient (Wildman–Crippen LogP) is 3.39. The van der Waals surface area contributed by atoms with Gasteiger partial charge < -0.3 is 15.7 Å². The van der Waals surface area contributed by atoms with Crippen molar-refractivity contribution < 1.29 is 14.3 Å². The van der Waals surface area contributed by atoms with Gasteiger partial charge in [0.2, 0.25) is 0 Å². The summed E-state index contributed by atoms with van der Waals surface area (Å²) in [4.78, 5) is 11.8. The summed E-state index contributed by atoms with van der Waals surface area (Å²) in [5.74, 6) is -0.00244. The van der Waals surface area contributed by atoms with Crippen LogP contribution < -0.4 is 10.6 Å². The van der Waals surface area contributed by atoms with Crippen molar-refractivity contribution in [1.82, 2.24) is 10.6 Å². The molecule has 0 aromatic heterocycles. The van der Waals surface area contributed by atoms with E-state index in [4.69, 9.17) is 0 Å². The fraction of sp³-hybridized carbons (Fsp3) is 0.316. The first-order valence-electron chi connectivity index (χ1n) is 8.09. The molecule has 0 unspecified atom stereocenters. The van der Waals surface area contributed by atoms with Gasteiger partial charge in [0.25, 0.3) is 0 Å². The summed E-state index contributed by atoms with van der Waals surface area (Å²) < 4.78 is 12.8. The number of urea groups is 1. The summed E-state index contributed by atoms with van der Waals surface area (Å²) in [6.45, 7) is 2.46. The molecule has 0 saturated heterocycles. The minimum absolute atomic E-state index is 0.0459. The van der Waals surface area contributed by atoms with Gasteiger partial charge in [0.15, 0.2) is 0 Å². The SMILES string of the molecule is C[C@@H](CCc1ccc(O)cc1)NC(=O)NCCc1ccc(F)cc1. The van der Waals surface area contributed by atoms with Crippen molar-refractivity contribution in [3.8, 4) is 5.75 Å². The highest BCUT2D eigenvalue weighted by atomic mass is 19.1. The molecule has 128 valence electrons. The van der Waals surface area contributed by atoms with Crippen LogP contribution in [-0.2, 0) is 12.8 Å². The minimum atomic E-state index is -0.257. The second-order valence-corrected chi connectivity index (χ2v) is 5.88. The lowest BCUT2D eigenvalue weighted by Gasteiger charge is -2.14. The molecule has 2 aromatic rings. The van der Waals surface area contributed by atoms with Gasteiger partial charge in [-0.05, 0) is 61.6 Å². The number of benzene rings is 2. The number of hydrogen-bond donors (Lipinski definition) is 3. The zero-order chi connectivity index (χ0) is 17.4. The van der Waals surface area contributed by atoms with Gasteiger partial charge in [0.05, 0.1) is 0 Å². The molecule has 0 spiro atoms. The number of phenols is 1. The Bertz CT molecular complexity index is 641. The van der Waals surface area contributed by atoms with E-state index < -0.39 is 0 Å². The van der Waals surface area contributed by atoms with E-state index in [0.29, 0.717) is 13.0 Å². The van der Waals surface area contributed by atoms with Crippen LogP contribution in [0.4, 0.5) is 9.18 Å². The van der Waals surface area contributed by atoms with E-state index in [1.54, 1.807) is 24.3 Å². The standard InChI is InChI=1S/C19H23FN2O2/c1-14(2-3-15-6-10-18(23)11-7-15)22-19(24)21-13-12-16-4-8-17(20)9-5-16/h4-11,14,23H,2-3,12-13H2,1H3,(H2,21,22,24)/t14-/m0/s1. The Labute approximate surface area is 141 Å². The van der Waals surface area contributed by atoms with Gasteiger partial charge in [0.1, 0.15) is 11.6 Å². The molecule has 2 aromatic carbocycles. The quantitative estimate of drug-likeness (QED) is 0.729. The monoisotopic (exact) mass is 330 g/mol. The molecule has 0 aliphatic heterocycles. The van der Waals surface area contributed by atoms with Crippen LogP contribution in [0.3, 0.4) is 0 Å². The molecule has 1 atom stereocenters. The van der Waals surface area contributed by atoms with E-state index in [0.717, 1.165) is 24.0 Å². The van der Waals surface area contributed by atoms with Crippen molar-refractivity contribution in [1.29, 1.82) is 0 Å². The van der Waals surface area contributed by atoms with Crippen LogP contribution in [0.15, 0.2) is 48.5 Å². The maximum Gasteiger partial charge on any atom is 0.315 e. The molecule has 24 heavy (non-hydrogen) atoms. The average molecular weight is 330 g/mol. The second kappa shape index (κ2) is 8.91. The van der Waals surface area contributed by atoms with Crippen molar-refractivity contribution in [2.24, 2.45) is 0 Å². The number of aryl methyl sites for hydroxylation is 1. The first kappa shape index (κ1) is 17.8. The first-order chi connectivity index (χ1) is 11.5. The van der Waals surface area contributed by atoms with Gasteiger partial charge >= 0.3 is 6.03 Å². The van der Waals surface area contributed by atoms with Gasteiger partial charge in [0, 0.05) is 12.6 Å². The topological polar surface area (TPSA) is 61.4 Å². The van der Waals surface area contributed by atoms with Crippen LogP contribution in [0.25, 0.3) is 0 Å².